The van der Waals surface area contributed by atoms with E-state index in [-0.39, 0.29) is 0 Å². The molecule has 2 aromatic rings. The maximum Gasteiger partial charge on any atom is 0.222 e. The number of aromatic nitrogens is 2. The Morgan fingerprint density at radius 1 is 1.28 bits per heavy atom. The van der Waals surface area contributed by atoms with Crippen molar-refractivity contribution in [2.24, 2.45) is 0 Å². The van der Waals surface area contributed by atoms with Gasteiger partial charge in [0.15, 0.2) is 5.75 Å². The first-order valence-corrected chi connectivity index (χ1v) is 6.66. The second kappa shape index (κ2) is 5.48. The van der Waals surface area contributed by atoms with Gasteiger partial charge in [0.2, 0.25) is 5.88 Å². The molecule has 0 unspecified atom stereocenters. The zero-order valence-electron chi connectivity index (χ0n) is 10.7. The Hall–Kier alpha value is -1.42. The second-order valence-corrected chi connectivity index (χ2v) is 5.04. The van der Waals surface area contributed by atoms with E-state index in [0.717, 1.165) is 33.6 Å². The summed E-state index contributed by atoms with van der Waals surface area (Å²) < 4.78 is 6.80. The summed E-state index contributed by atoms with van der Waals surface area (Å²) in [6.07, 6.45) is 2.57. The molecule has 3 nitrogen and oxygen atoms in total. The monoisotopic (exact) mass is 306 g/mol. The molecule has 0 bridgehead atoms. The standard InChI is InChI=1S/C14H15BrN2O/c1-4-12-13(6-5-10(3)17-12)18-14-9(2)7-11(15)8-16-14/h5-8H,4H2,1-3H3. The molecule has 0 saturated carbocycles. The predicted molar refractivity (Wildman–Crippen MR) is 75.1 cm³/mol. The van der Waals surface area contributed by atoms with Crippen molar-refractivity contribution in [2.75, 3.05) is 0 Å². The van der Waals surface area contributed by atoms with E-state index < -0.39 is 0 Å². The van der Waals surface area contributed by atoms with Gasteiger partial charge < -0.3 is 4.74 Å². The van der Waals surface area contributed by atoms with Gasteiger partial charge in [0.05, 0.1) is 5.69 Å². The first-order valence-electron chi connectivity index (χ1n) is 5.86. The largest absolute Gasteiger partial charge is 0.437 e. The summed E-state index contributed by atoms with van der Waals surface area (Å²) in [5.74, 6) is 1.40. The van der Waals surface area contributed by atoms with Crippen LogP contribution in [0.1, 0.15) is 23.9 Å². The lowest BCUT2D eigenvalue weighted by Gasteiger charge is -2.11. The number of rotatable bonds is 3. The zero-order valence-corrected chi connectivity index (χ0v) is 12.3. The third-order valence-corrected chi connectivity index (χ3v) is 3.04. The third-order valence-electron chi connectivity index (χ3n) is 2.61. The molecule has 0 aliphatic rings. The van der Waals surface area contributed by atoms with Gasteiger partial charge in [-0.15, -0.1) is 0 Å². The van der Waals surface area contributed by atoms with Crippen LogP contribution in [0.4, 0.5) is 0 Å². The fourth-order valence-corrected chi connectivity index (χ4v) is 2.13. The lowest BCUT2D eigenvalue weighted by molar-refractivity contribution is 0.450. The molecule has 2 aromatic heterocycles. The molecule has 0 aromatic carbocycles. The molecule has 0 N–H and O–H groups in total. The molecule has 0 fully saturated rings. The molecule has 18 heavy (non-hydrogen) atoms. The van der Waals surface area contributed by atoms with Crippen LogP contribution in [0.5, 0.6) is 11.6 Å². The number of halogens is 1. The van der Waals surface area contributed by atoms with Crippen LogP contribution in [-0.2, 0) is 6.42 Å². The second-order valence-electron chi connectivity index (χ2n) is 4.13. The fraction of sp³-hybridized carbons (Fsp3) is 0.286. The van der Waals surface area contributed by atoms with Crippen LogP contribution in [-0.4, -0.2) is 9.97 Å². The highest BCUT2D eigenvalue weighted by Crippen LogP contribution is 2.27. The number of aryl methyl sites for hydroxylation is 3. The van der Waals surface area contributed by atoms with Crippen LogP contribution in [0.3, 0.4) is 0 Å². The molecular formula is C14H15BrN2O. The summed E-state index contributed by atoms with van der Waals surface area (Å²) >= 11 is 3.39. The fourth-order valence-electron chi connectivity index (χ4n) is 1.68. The Morgan fingerprint density at radius 2 is 2.06 bits per heavy atom. The first-order chi connectivity index (χ1) is 8.60. The van der Waals surface area contributed by atoms with E-state index in [0.29, 0.717) is 5.88 Å². The lowest BCUT2D eigenvalue weighted by Crippen LogP contribution is -1.98. The molecule has 0 amide bonds. The Bertz CT molecular complexity index is 570. The Labute approximate surface area is 115 Å². The average Bonchev–Trinajstić information content (AvgIpc) is 2.34. The first kappa shape index (κ1) is 13.0. The molecular weight excluding hydrogens is 292 g/mol. The minimum Gasteiger partial charge on any atom is -0.437 e. The summed E-state index contributed by atoms with van der Waals surface area (Å²) in [4.78, 5) is 8.75. The van der Waals surface area contributed by atoms with Crippen LogP contribution >= 0.6 is 15.9 Å². The molecule has 0 radical (unpaired) electrons. The maximum atomic E-state index is 5.85. The van der Waals surface area contributed by atoms with E-state index in [1.165, 1.54) is 0 Å². The van der Waals surface area contributed by atoms with Gasteiger partial charge in [-0.3, -0.25) is 4.98 Å². The number of ether oxygens (including phenoxy) is 1. The molecule has 2 rings (SSSR count). The predicted octanol–water partition coefficient (Wildman–Crippen LogP) is 4.21. The van der Waals surface area contributed by atoms with Crippen molar-refractivity contribution < 1.29 is 4.74 Å². The van der Waals surface area contributed by atoms with Crippen molar-refractivity contribution in [2.45, 2.75) is 27.2 Å². The van der Waals surface area contributed by atoms with Gasteiger partial charge in [-0.1, -0.05) is 6.92 Å². The normalized spacial score (nSPS) is 10.4. The number of hydrogen-bond donors (Lipinski definition) is 0. The van der Waals surface area contributed by atoms with Crippen LogP contribution in [0.2, 0.25) is 0 Å². The quantitative estimate of drug-likeness (QED) is 0.852. The summed E-state index contributed by atoms with van der Waals surface area (Å²) in [5, 5.41) is 0. The molecule has 2 heterocycles. The van der Waals surface area contributed by atoms with E-state index in [1.807, 2.05) is 32.0 Å². The minimum atomic E-state index is 0.624. The Morgan fingerprint density at radius 3 is 2.72 bits per heavy atom. The average molecular weight is 307 g/mol. The van der Waals surface area contributed by atoms with E-state index in [1.54, 1.807) is 6.20 Å². The smallest absolute Gasteiger partial charge is 0.222 e. The van der Waals surface area contributed by atoms with Gasteiger partial charge in [0.25, 0.3) is 0 Å². The van der Waals surface area contributed by atoms with Crippen molar-refractivity contribution in [3.05, 3.63) is 45.8 Å². The van der Waals surface area contributed by atoms with Crippen molar-refractivity contribution in [3.63, 3.8) is 0 Å². The topological polar surface area (TPSA) is 35.0 Å². The van der Waals surface area contributed by atoms with E-state index in [2.05, 4.69) is 32.8 Å². The maximum absolute atomic E-state index is 5.85. The summed E-state index contributed by atoms with van der Waals surface area (Å²) in [5.41, 5.74) is 2.95. The highest BCUT2D eigenvalue weighted by atomic mass is 79.9. The summed E-state index contributed by atoms with van der Waals surface area (Å²) in [6.45, 7) is 6.02. The lowest BCUT2D eigenvalue weighted by atomic mass is 10.2. The van der Waals surface area contributed by atoms with Gasteiger partial charge in [-0.2, -0.15) is 0 Å². The van der Waals surface area contributed by atoms with Gasteiger partial charge >= 0.3 is 0 Å². The van der Waals surface area contributed by atoms with Crippen LogP contribution in [0.25, 0.3) is 0 Å². The number of hydrogen-bond acceptors (Lipinski definition) is 3. The van der Waals surface area contributed by atoms with Crippen molar-refractivity contribution in [1.29, 1.82) is 0 Å². The molecule has 0 aliphatic heterocycles. The number of nitrogens with zero attached hydrogens (tertiary/aromatic N) is 2. The third kappa shape index (κ3) is 2.88. The van der Waals surface area contributed by atoms with E-state index >= 15 is 0 Å². The zero-order chi connectivity index (χ0) is 13.1. The van der Waals surface area contributed by atoms with E-state index in [9.17, 15) is 0 Å². The molecule has 0 atom stereocenters. The Balaban J connectivity index is 2.33. The van der Waals surface area contributed by atoms with Crippen LogP contribution in [0, 0.1) is 13.8 Å². The SMILES string of the molecule is CCc1nc(C)ccc1Oc1ncc(Br)cc1C. The van der Waals surface area contributed by atoms with Crippen LogP contribution < -0.4 is 4.74 Å². The van der Waals surface area contributed by atoms with E-state index in [4.69, 9.17) is 4.74 Å². The molecule has 94 valence electrons. The minimum absolute atomic E-state index is 0.624. The number of pyridine rings is 2. The highest BCUT2D eigenvalue weighted by molar-refractivity contribution is 9.10. The van der Waals surface area contributed by atoms with Crippen molar-refractivity contribution in [3.8, 4) is 11.6 Å². The molecule has 0 spiro atoms. The molecule has 0 saturated heterocycles. The van der Waals surface area contributed by atoms with Crippen molar-refractivity contribution >= 4 is 15.9 Å². The van der Waals surface area contributed by atoms with Crippen LogP contribution in [0.15, 0.2) is 28.9 Å². The van der Waals surface area contributed by atoms with Gasteiger partial charge in [0.1, 0.15) is 0 Å². The Kier molecular flexibility index (Phi) is 3.97. The van der Waals surface area contributed by atoms with Crippen molar-refractivity contribution in [1.82, 2.24) is 9.97 Å². The summed E-state index contributed by atoms with van der Waals surface area (Å²) in [6, 6.07) is 5.88. The van der Waals surface area contributed by atoms with Gasteiger partial charge in [-0.25, -0.2) is 4.98 Å². The van der Waals surface area contributed by atoms with Gasteiger partial charge in [0, 0.05) is 21.9 Å². The van der Waals surface area contributed by atoms with Gasteiger partial charge in [-0.05, 0) is 54.4 Å². The summed E-state index contributed by atoms with van der Waals surface area (Å²) in [7, 11) is 0. The highest BCUT2D eigenvalue weighted by Gasteiger charge is 2.08. The molecule has 4 heteroatoms. The molecule has 0 aliphatic carbocycles.